The van der Waals surface area contributed by atoms with Gasteiger partial charge in [-0.05, 0) is 55.7 Å². The number of rotatable bonds is 3. The van der Waals surface area contributed by atoms with Gasteiger partial charge in [-0.25, -0.2) is 0 Å². The van der Waals surface area contributed by atoms with Crippen molar-refractivity contribution in [1.29, 1.82) is 0 Å². The van der Waals surface area contributed by atoms with Crippen LogP contribution in [0.2, 0.25) is 5.02 Å². The maximum absolute atomic E-state index is 12.2. The van der Waals surface area contributed by atoms with Gasteiger partial charge in [0.2, 0.25) is 0 Å². The summed E-state index contributed by atoms with van der Waals surface area (Å²) < 4.78 is 0. The first kappa shape index (κ1) is 14.6. The van der Waals surface area contributed by atoms with E-state index >= 15 is 0 Å². The second-order valence-corrected chi connectivity index (χ2v) is 5.49. The van der Waals surface area contributed by atoms with Crippen molar-refractivity contribution in [2.24, 2.45) is 0 Å². The van der Waals surface area contributed by atoms with E-state index < -0.39 is 0 Å². The molecule has 2 aromatic rings. The minimum absolute atomic E-state index is 0.0409. The number of hydrogen-bond donors (Lipinski definition) is 1. The van der Waals surface area contributed by atoms with Crippen molar-refractivity contribution in [3.8, 4) is 0 Å². The molecule has 2 aromatic carbocycles. The molecule has 1 amide bonds. The molecule has 1 N–H and O–H groups in total. The minimum Gasteiger partial charge on any atom is -0.346 e. The van der Waals surface area contributed by atoms with Crippen LogP contribution in [0.3, 0.4) is 0 Å². The number of carbonyl (C=O) groups is 1. The summed E-state index contributed by atoms with van der Waals surface area (Å²) in [5.74, 6) is -0.113. The maximum Gasteiger partial charge on any atom is 0.251 e. The van der Waals surface area contributed by atoms with Crippen LogP contribution in [0.4, 0.5) is 0 Å². The zero-order chi connectivity index (χ0) is 14.7. The second-order valence-electron chi connectivity index (χ2n) is 5.05. The van der Waals surface area contributed by atoms with Gasteiger partial charge in [0.05, 0.1) is 6.04 Å². The number of benzene rings is 2. The van der Waals surface area contributed by atoms with Crippen LogP contribution in [0, 0.1) is 13.8 Å². The summed E-state index contributed by atoms with van der Waals surface area (Å²) in [6.45, 7) is 6.13. The summed E-state index contributed by atoms with van der Waals surface area (Å²) in [5, 5.41) is 3.55. The van der Waals surface area contributed by atoms with Gasteiger partial charge in [0.15, 0.2) is 0 Å². The van der Waals surface area contributed by atoms with Crippen LogP contribution < -0.4 is 5.32 Å². The molecule has 1 atom stereocenters. The van der Waals surface area contributed by atoms with E-state index in [0.717, 1.165) is 5.56 Å². The maximum atomic E-state index is 12.2. The van der Waals surface area contributed by atoms with E-state index in [2.05, 4.69) is 31.3 Å². The molecule has 0 bridgehead atoms. The molecule has 0 aromatic heterocycles. The summed E-state index contributed by atoms with van der Waals surface area (Å²) in [7, 11) is 0. The fraction of sp³-hybridized carbons (Fsp3) is 0.235. The molecule has 20 heavy (non-hydrogen) atoms. The van der Waals surface area contributed by atoms with Gasteiger partial charge >= 0.3 is 0 Å². The molecule has 0 heterocycles. The smallest absolute Gasteiger partial charge is 0.251 e. The van der Waals surface area contributed by atoms with E-state index in [9.17, 15) is 4.79 Å². The number of halogens is 1. The van der Waals surface area contributed by atoms with E-state index in [1.807, 2.05) is 13.0 Å². The fourth-order valence-corrected chi connectivity index (χ4v) is 2.22. The summed E-state index contributed by atoms with van der Waals surface area (Å²) in [5.41, 5.74) is 4.16. The van der Waals surface area contributed by atoms with Crippen LogP contribution in [0.5, 0.6) is 0 Å². The first-order chi connectivity index (χ1) is 9.47. The molecule has 2 rings (SSSR count). The van der Waals surface area contributed by atoms with Gasteiger partial charge < -0.3 is 5.32 Å². The third kappa shape index (κ3) is 3.40. The summed E-state index contributed by atoms with van der Waals surface area (Å²) in [6.07, 6.45) is 0. The van der Waals surface area contributed by atoms with Crippen molar-refractivity contribution in [2.75, 3.05) is 0 Å². The normalized spacial score (nSPS) is 12.0. The zero-order valence-electron chi connectivity index (χ0n) is 11.9. The van der Waals surface area contributed by atoms with E-state index in [0.29, 0.717) is 10.6 Å². The highest BCUT2D eigenvalue weighted by molar-refractivity contribution is 6.30. The molecule has 3 heteroatoms. The van der Waals surface area contributed by atoms with E-state index in [1.165, 1.54) is 11.1 Å². The number of hydrogen-bond acceptors (Lipinski definition) is 1. The van der Waals surface area contributed by atoms with Crippen molar-refractivity contribution in [3.05, 3.63) is 69.7 Å². The number of carbonyl (C=O) groups excluding carboxylic acids is 1. The highest BCUT2D eigenvalue weighted by Crippen LogP contribution is 2.18. The average molecular weight is 288 g/mol. The number of nitrogens with one attached hydrogen (secondary N) is 1. The van der Waals surface area contributed by atoms with Crippen molar-refractivity contribution >= 4 is 17.5 Å². The topological polar surface area (TPSA) is 29.1 Å². The third-order valence-corrected chi connectivity index (χ3v) is 3.70. The zero-order valence-corrected chi connectivity index (χ0v) is 12.7. The Balaban J connectivity index is 2.13. The third-order valence-electron chi connectivity index (χ3n) is 3.47. The lowest BCUT2D eigenvalue weighted by molar-refractivity contribution is 0.0940. The quantitative estimate of drug-likeness (QED) is 0.888. The van der Waals surface area contributed by atoms with Crippen molar-refractivity contribution in [3.63, 3.8) is 0 Å². The van der Waals surface area contributed by atoms with E-state index in [1.54, 1.807) is 24.3 Å². The summed E-state index contributed by atoms with van der Waals surface area (Å²) in [4.78, 5) is 12.2. The molecule has 0 aliphatic rings. The molecule has 2 nitrogen and oxygen atoms in total. The molecule has 0 aliphatic heterocycles. The summed E-state index contributed by atoms with van der Waals surface area (Å²) in [6, 6.07) is 13.2. The highest BCUT2D eigenvalue weighted by atomic mass is 35.5. The predicted octanol–water partition coefficient (Wildman–Crippen LogP) is 4.45. The molecule has 0 spiro atoms. The molecule has 0 saturated carbocycles. The Hall–Kier alpha value is -1.80. The lowest BCUT2D eigenvalue weighted by Crippen LogP contribution is -2.26. The lowest BCUT2D eigenvalue weighted by Gasteiger charge is -2.16. The minimum atomic E-state index is -0.113. The largest absolute Gasteiger partial charge is 0.346 e. The predicted molar refractivity (Wildman–Crippen MR) is 83.2 cm³/mol. The molecule has 0 radical (unpaired) electrons. The van der Waals surface area contributed by atoms with Crippen LogP contribution in [-0.4, -0.2) is 5.91 Å². The molecule has 0 fully saturated rings. The van der Waals surface area contributed by atoms with Crippen molar-refractivity contribution < 1.29 is 4.79 Å². The van der Waals surface area contributed by atoms with Crippen LogP contribution in [0.1, 0.15) is 40.0 Å². The Morgan fingerprint density at radius 2 is 1.85 bits per heavy atom. The Morgan fingerprint density at radius 3 is 2.50 bits per heavy atom. The SMILES string of the molecule is Cc1ccc([C@H](C)NC(=O)c2cccc(Cl)c2)cc1C. The molecule has 104 valence electrons. The second kappa shape index (κ2) is 6.10. The van der Waals surface area contributed by atoms with Gasteiger partial charge in [-0.1, -0.05) is 35.9 Å². The van der Waals surface area contributed by atoms with Crippen LogP contribution in [-0.2, 0) is 0 Å². The average Bonchev–Trinajstić information content (AvgIpc) is 2.41. The van der Waals surface area contributed by atoms with Gasteiger partial charge in [-0.3, -0.25) is 4.79 Å². The van der Waals surface area contributed by atoms with Gasteiger partial charge in [-0.15, -0.1) is 0 Å². The number of aryl methyl sites for hydroxylation is 2. The Labute approximate surface area is 124 Å². The number of amides is 1. The first-order valence-electron chi connectivity index (χ1n) is 6.61. The Kier molecular flexibility index (Phi) is 4.46. The molecule has 0 aliphatic carbocycles. The molecular weight excluding hydrogens is 270 g/mol. The lowest BCUT2D eigenvalue weighted by atomic mass is 10.0. The summed E-state index contributed by atoms with van der Waals surface area (Å²) >= 11 is 5.90. The molecule has 0 saturated heterocycles. The van der Waals surface area contributed by atoms with Crippen LogP contribution in [0.25, 0.3) is 0 Å². The van der Waals surface area contributed by atoms with Crippen LogP contribution in [0.15, 0.2) is 42.5 Å². The monoisotopic (exact) mass is 287 g/mol. The fourth-order valence-electron chi connectivity index (χ4n) is 2.03. The van der Waals surface area contributed by atoms with Crippen molar-refractivity contribution in [1.82, 2.24) is 5.32 Å². The van der Waals surface area contributed by atoms with Gasteiger partial charge in [0.1, 0.15) is 0 Å². The Bertz CT molecular complexity index is 637. The molecular formula is C17H18ClNO. The van der Waals surface area contributed by atoms with E-state index in [4.69, 9.17) is 11.6 Å². The van der Waals surface area contributed by atoms with Gasteiger partial charge in [0.25, 0.3) is 5.91 Å². The first-order valence-corrected chi connectivity index (χ1v) is 6.99. The van der Waals surface area contributed by atoms with Gasteiger partial charge in [-0.2, -0.15) is 0 Å². The van der Waals surface area contributed by atoms with Gasteiger partial charge in [0, 0.05) is 10.6 Å². The van der Waals surface area contributed by atoms with E-state index in [-0.39, 0.29) is 11.9 Å². The Morgan fingerprint density at radius 1 is 1.10 bits per heavy atom. The standard InChI is InChI=1S/C17H18ClNO/c1-11-7-8-14(9-12(11)2)13(3)19-17(20)15-5-4-6-16(18)10-15/h4-10,13H,1-3H3,(H,19,20)/t13-/m0/s1. The molecule has 0 unspecified atom stereocenters. The van der Waals surface area contributed by atoms with Crippen LogP contribution >= 0.6 is 11.6 Å². The highest BCUT2D eigenvalue weighted by Gasteiger charge is 2.12. The van der Waals surface area contributed by atoms with Crippen molar-refractivity contribution in [2.45, 2.75) is 26.8 Å².